The van der Waals surface area contributed by atoms with Crippen LogP contribution in [0.1, 0.15) is 18.9 Å². The van der Waals surface area contributed by atoms with E-state index < -0.39 is 0 Å². The van der Waals surface area contributed by atoms with Gasteiger partial charge < -0.3 is 19.7 Å². The summed E-state index contributed by atoms with van der Waals surface area (Å²) in [6.07, 6.45) is 1.29. The monoisotopic (exact) mass is 314 g/mol. The topological polar surface area (TPSA) is 90.9 Å². The van der Waals surface area contributed by atoms with Gasteiger partial charge in [-0.2, -0.15) is 0 Å². The van der Waals surface area contributed by atoms with E-state index in [1.165, 1.54) is 6.07 Å². The van der Waals surface area contributed by atoms with Gasteiger partial charge in [-0.1, -0.05) is 19.1 Å². The van der Waals surface area contributed by atoms with Crippen molar-refractivity contribution < 1.29 is 19.7 Å². The smallest absolute Gasteiger partial charge is 0.204 e. The Balaban J connectivity index is 2.18. The first-order valence-electron chi connectivity index (χ1n) is 7.53. The van der Waals surface area contributed by atoms with Crippen LogP contribution in [0.4, 0.5) is 0 Å². The van der Waals surface area contributed by atoms with Crippen LogP contribution in [0.3, 0.4) is 0 Å². The lowest BCUT2D eigenvalue weighted by Gasteiger charge is -2.10. The molecule has 1 aromatic heterocycles. The standard InChI is InChI=1S/C18H18O5/c1-10(9-19)5-6-11-7-8-12-17(22)15-13(20)3-2-4-14(15)23-18(12)16(11)21/h2-4,7-8,10,19-21H,5-6,9H2,1H3/t10-/m0/s1. The molecule has 0 unspecified atom stereocenters. The first-order chi connectivity index (χ1) is 11.0. The van der Waals surface area contributed by atoms with Crippen LogP contribution in [0.25, 0.3) is 21.9 Å². The molecule has 2 aromatic carbocycles. The van der Waals surface area contributed by atoms with Crippen molar-refractivity contribution in [3.05, 3.63) is 46.1 Å². The minimum absolute atomic E-state index is 0.0602. The van der Waals surface area contributed by atoms with Crippen LogP contribution in [0.5, 0.6) is 11.5 Å². The number of aryl methyl sites for hydroxylation is 1. The van der Waals surface area contributed by atoms with Crippen molar-refractivity contribution in [3.8, 4) is 11.5 Å². The van der Waals surface area contributed by atoms with E-state index in [9.17, 15) is 15.0 Å². The Bertz CT molecular complexity index is 926. The number of aromatic hydroxyl groups is 2. The Morgan fingerprint density at radius 2 is 1.96 bits per heavy atom. The maximum absolute atomic E-state index is 12.5. The summed E-state index contributed by atoms with van der Waals surface area (Å²) in [7, 11) is 0. The molecule has 0 amide bonds. The van der Waals surface area contributed by atoms with Crippen molar-refractivity contribution in [2.45, 2.75) is 19.8 Å². The van der Waals surface area contributed by atoms with Gasteiger partial charge in [0, 0.05) is 6.61 Å². The lowest BCUT2D eigenvalue weighted by molar-refractivity contribution is 0.230. The molecule has 23 heavy (non-hydrogen) atoms. The summed E-state index contributed by atoms with van der Waals surface area (Å²) >= 11 is 0. The number of aliphatic hydroxyl groups excluding tert-OH is 1. The molecule has 0 aliphatic heterocycles. The number of benzene rings is 2. The Labute approximate surface area is 132 Å². The highest BCUT2D eigenvalue weighted by Crippen LogP contribution is 2.32. The fourth-order valence-electron chi connectivity index (χ4n) is 2.67. The zero-order valence-electron chi connectivity index (χ0n) is 12.7. The van der Waals surface area contributed by atoms with Crippen LogP contribution in [0, 0.1) is 5.92 Å². The predicted octanol–water partition coefficient (Wildman–Crippen LogP) is 2.92. The second-order valence-electron chi connectivity index (χ2n) is 5.86. The molecule has 3 N–H and O–H groups in total. The molecule has 0 spiro atoms. The van der Waals surface area contributed by atoms with E-state index in [-0.39, 0.29) is 51.4 Å². The number of aliphatic hydroxyl groups is 1. The molecule has 120 valence electrons. The van der Waals surface area contributed by atoms with E-state index >= 15 is 0 Å². The van der Waals surface area contributed by atoms with Crippen molar-refractivity contribution in [1.29, 1.82) is 0 Å². The van der Waals surface area contributed by atoms with E-state index in [1.807, 2.05) is 6.92 Å². The number of rotatable bonds is 4. The van der Waals surface area contributed by atoms with Gasteiger partial charge in [0.25, 0.3) is 0 Å². The molecule has 0 radical (unpaired) electrons. The van der Waals surface area contributed by atoms with Crippen molar-refractivity contribution >= 4 is 21.9 Å². The molecule has 3 aromatic rings. The third kappa shape index (κ3) is 2.64. The van der Waals surface area contributed by atoms with Gasteiger partial charge in [0.2, 0.25) is 5.43 Å². The number of phenols is 2. The maximum Gasteiger partial charge on any atom is 0.204 e. The third-order valence-corrected chi connectivity index (χ3v) is 4.12. The van der Waals surface area contributed by atoms with E-state index in [0.29, 0.717) is 18.4 Å². The van der Waals surface area contributed by atoms with E-state index in [2.05, 4.69) is 0 Å². The summed E-state index contributed by atoms with van der Waals surface area (Å²) in [6.45, 7) is 2.02. The summed E-state index contributed by atoms with van der Waals surface area (Å²) < 4.78 is 5.65. The number of phenolic OH excluding ortho intramolecular Hbond substituents is 2. The van der Waals surface area contributed by atoms with Gasteiger partial charge >= 0.3 is 0 Å². The first kappa shape index (κ1) is 15.4. The van der Waals surface area contributed by atoms with Gasteiger partial charge in [-0.25, -0.2) is 0 Å². The third-order valence-electron chi connectivity index (χ3n) is 4.12. The summed E-state index contributed by atoms with van der Waals surface area (Å²) in [5.41, 5.74) is 0.659. The van der Waals surface area contributed by atoms with Crippen LogP contribution in [-0.4, -0.2) is 21.9 Å². The highest BCUT2D eigenvalue weighted by atomic mass is 16.4. The minimum Gasteiger partial charge on any atom is -0.507 e. The lowest BCUT2D eigenvalue weighted by atomic mass is 9.99. The van der Waals surface area contributed by atoms with Gasteiger partial charge in [-0.15, -0.1) is 0 Å². The number of hydrogen-bond acceptors (Lipinski definition) is 5. The summed E-state index contributed by atoms with van der Waals surface area (Å²) in [4.78, 5) is 12.5. The molecule has 0 fully saturated rings. The SMILES string of the molecule is C[C@H](CO)CCc1ccc2c(=O)c3c(O)cccc3oc2c1O. The normalized spacial score (nSPS) is 12.8. The Hall–Kier alpha value is -2.53. The van der Waals surface area contributed by atoms with Crippen molar-refractivity contribution in [1.82, 2.24) is 0 Å². The summed E-state index contributed by atoms with van der Waals surface area (Å²) in [5, 5.41) is 29.7. The second-order valence-corrected chi connectivity index (χ2v) is 5.86. The highest BCUT2D eigenvalue weighted by Gasteiger charge is 2.16. The lowest BCUT2D eigenvalue weighted by Crippen LogP contribution is -2.05. The molecular weight excluding hydrogens is 296 g/mol. The predicted molar refractivity (Wildman–Crippen MR) is 87.9 cm³/mol. The fraction of sp³-hybridized carbons (Fsp3) is 0.278. The van der Waals surface area contributed by atoms with Gasteiger partial charge in [0.05, 0.1) is 5.39 Å². The number of fused-ring (bicyclic) bond motifs is 2. The van der Waals surface area contributed by atoms with E-state index in [0.717, 1.165) is 0 Å². The second kappa shape index (κ2) is 5.93. The minimum atomic E-state index is -0.370. The molecule has 1 heterocycles. The molecular formula is C18H18O5. The Morgan fingerprint density at radius 1 is 1.17 bits per heavy atom. The molecule has 0 bridgehead atoms. The zero-order valence-corrected chi connectivity index (χ0v) is 12.7. The van der Waals surface area contributed by atoms with Crippen LogP contribution in [-0.2, 0) is 6.42 Å². The van der Waals surface area contributed by atoms with Crippen LogP contribution in [0.2, 0.25) is 0 Å². The first-order valence-corrected chi connectivity index (χ1v) is 7.53. The largest absolute Gasteiger partial charge is 0.507 e. The molecule has 5 heteroatoms. The van der Waals surface area contributed by atoms with Crippen molar-refractivity contribution in [3.63, 3.8) is 0 Å². The van der Waals surface area contributed by atoms with Crippen LogP contribution < -0.4 is 5.43 Å². The average molecular weight is 314 g/mol. The fourth-order valence-corrected chi connectivity index (χ4v) is 2.67. The maximum atomic E-state index is 12.5. The van der Waals surface area contributed by atoms with Gasteiger partial charge in [-0.3, -0.25) is 4.79 Å². The summed E-state index contributed by atoms with van der Waals surface area (Å²) in [5.74, 6) is -0.0703. The average Bonchev–Trinajstić information content (AvgIpc) is 2.54. The quantitative estimate of drug-likeness (QED) is 0.644. The summed E-state index contributed by atoms with van der Waals surface area (Å²) in [6, 6.07) is 7.87. The Morgan fingerprint density at radius 3 is 2.70 bits per heavy atom. The molecule has 0 saturated heterocycles. The van der Waals surface area contributed by atoms with Gasteiger partial charge in [0.1, 0.15) is 16.7 Å². The van der Waals surface area contributed by atoms with Gasteiger partial charge in [0.15, 0.2) is 11.3 Å². The van der Waals surface area contributed by atoms with Gasteiger partial charge in [-0.05, 0) is 42.5 Å². The zero-order chi connectivity index (χ0) is 16.6. The molecule has 0 aliphatic rings. The van der Waals surface area contributed by atoms with E-state index in [4.69, 9.17) is 9.52 Å². The molecule has 1 atom stereocenters. The molecule has 5 nitrogen and oxygen atoms in total. The number of hydrogen-bond donors (Lipinski definition) is 3. The van der Waals surface area contributed by atoms with Crippen molar-refractivity contribution in [2.75, 3.05) is 6.61 Å². The van der Waals surface area contributed by atoms with Crippen LogP contribution >= 0.6 is 0 Å². The van der Waals surface area contributed by atoms with E-state index in [1.54, 1.807) is 24.3 Å². The molecule has 0 saturated carbocycles. The molecule has 3 rings (SSSR count). The highest BCUT2D eigenvalue weighted by molar-refractivity contribution is 5.95. The molecule has 0 aliphatic carbocycles. The van der Waals surface area contributed by atoms with Crippen molar-refractivity contribution in [2.24, 2.45) is 5.92 Å². The Kier molecular flexibility index (Phi) is 3.96. The van der Waals surface area contributed by atoms with Crippen LogP contribution in [0.15, 0.2) is 39.5 Å².